The Kier molecular flexibility index (Phi) is 6.08. The largest absolute Gasteiger partial charge is 0.357 e. The summed E-state index contributed by atoms with van der Waals surface area (Å²) < 4.78 is 3.44. The molecule has 0 saturated carbocycles. The fraction of sp³-hybridized carbons (Fsp3) is 0.308. The molecule has 0 aliphatic carbocycles. The molecule has 1 aliphatic rings. The number of hydrogen-bond acceptors (Lipinski definition) is 7. The van der Waals surface area contributed by atoms with Crippen molar-refractivity contribution in [2.45, 2.75) is 39.4 Å². The van der Waals surface area contributed by atoms with Crippen molar-refractivity contribution >= 4 is 28.5 Å². The van der Waals surface area contributed by atoms with Crippen molar-refractivity contribution < 1.29 is 0 Å². The molecule has 0 fully saturated rings. The number of hydrogen-bond donors (Lipinski definition) is 2. The third-order valence-corrected chi connectivity index (χ3v) is 6.44. The zero-order valence-corrected chi connectivity index (χ0v) is 20.3. The maximum absolute atomic E-state index is 13.2. The molecule has 0 unspecified atom stereocenters. The van der Waals surface area contributed by atoms with Gasteiger partial charge in [-0.25, -0.2) is 19.3 Å². The number of pyridine rings is 1. The number of rotatable bonds is 7. The van der Waals surface area contributed by atoms with Crippen molar-refractivity contribution in [2.24, 2.45) is 0 Å². The van der Waals surface area contributed by atoms with Crippen LogP contribution < -0.4 is 21.1 Å². The van der Waals surface area contributed by atoms with Gasteiger partial charge in [-0.05, 0) is 56.1 Å². The van der Waals surface area contributed by atoms with Crippen molar-refractivity contribution in [3.8, 4) is 5.69 Å². The Bertz CT molecular complexity index is 1450. The van der Waals surface area contributed by atoms with Gasteiger partial charge in [-0.1, -0.05) is 12.1 Å². The van der Waals surface area contributed by atoms with Gasteiger partial charge in [0.15, 0.2) is 5.65 Å². The van der Waals surface area contributed by atoms with Crippen LogP contribution in [0.3, 0.4) is 0 Å². The van der Waals surface area contributed by atoms with Gasteiger partial charge < -0.3 is 15.5 Å². The highest BCUT2D eigenvalue weighted by Gasteiger charge is 2.18. The molecule has 0 atom stereocenters. The number of nitrogens with one attached hydrogen (secondary N) is 2. The summed E-state index contributed by atoms with van der Waals surface area (Å²) in [4.78, 5) is 29.0. The van der Waals surface area contributed by atoms with Crippen LogP contribution >= 0.6 is 0 Å². The third-order valence-electron chi connectivity index (χ3n) is 6.44. The summed E-state index contributed by atoms with van der Waals surface area (Å²) in [5.41, 5.74) is 4.70. The van der Waals surface area contributed by atoms with Crippen LogP contribution in [0.1, 0.15) is 25.0 Å². The SMILES string of the molecule is C=CCn1c(=O)c2cnc(Nc3ccc4c(c3)CNCC4)nc2n1-c1ccnc(N(C)C(C)C)c1. The first-order valence-electron chi connectivity index (χ1n) is 11.8. The lowest BCUT2D eigenvalue weighted by atomic mass is 10.0. The summed E-state index contributed by atoms with van der Waals surface area (Å²) in [5.74, 6) is 1.24. The lowest BCUT2D eigenvalue weighted by molar-refractivity contribution is 0.605. The van der Waals surface area contributed by atoms with Crippen LogP contribution in [0.2, 0.25) is 0 Å². The second-order valence-corrected chi connectivity index (χ2v) is 9.03. The van der Waals surface area contributed by atoms with Gasteiger partial charge in [-0.3, -0.25) is 4.79 Å². The molecule has 0 bridgehead atoms. The Balaban J connectivity index is 1.60. The van der Waals surface area contributed by atoms with Crippen molar-refractivity contribution in [2.75, 3.05) is 23.8 Å². The zero-order chi connectivity index (χ0) is 24.5. The van der Waals surface area contributed by atoms with Crippen molar-refractivity contribution in [3.63, 3.8) is 0 Å². The van der Waals surface area contributed by atoms with E-state index in [2.05, 4.69) is 58.1 Å². The van der Waals surface area contributed by atoms with E-state index >= 15 is 0 Å². The van der Waals surface area contributed by atoms with Gasteiger partial charge in [0, 0.05) is 43.8 Å². The molecule has 4 aromatic rings. The van der Waals surface area contributed by atoms with Gasteiger partial charge in [0.25, 0.3) is 5.56 Å². The first-order valence-corrected chi connectivity index (χ1v) is 11.8. The van der Waals surface area contributed by atoms with E-state index in [1.165, 1.54) is 11.1 Å². The summed E-state index contributed by atoms with van der Waals surface area (Å²) in [6.45, 7) is 10.2. The van der Waals surface area contributed by atoms with Crippen LogP contribution in [0.5, 0.6) is 0 Å². The topological polar surface area (TPSA) is 92.9 Å². The average Bonchev–Trinajstić information content (AvgIpc) is 3.14. The number of nitrogens with zero attached hydrogens (tertiary/aromatic N) is 6. The normalized spacial score (nSPS) is 13.1. The summed E-state index contributed by atoms with van der Waals surface area (Å²) in [7, 11) is 2.00. The maximum Gasteiger partial charge on any atom is 0.278 e. The maximum atomic E-state index is 13.2. The molecule has 3 aromatic heterocycles. The van der Waals surface area contributed by atoms with Crippen molar-refractivity contribution in [3.05, 3.63) is 76.9 Å². The Morgan fingerprint density at radius 1 is 1.23 bits per heavy atom. The Hall–Kier alpha value is -3.98. The van der Waals surface area contributed by atoms with Gasteiger partial charge in [-0.15, -0.1) is 6.58 Å². The second kappa shape index (κ2) is 9.34. The van der Waals surface area contributed by atoms with Crippen LogP contribution in [0.25, 0.3) is 16.7 Å². The standard InChI is InChI=1S/C26H30N8O/c1-5-12-33-25(35)22-16-29-26(30-20-7-6-18-8-10-27-15-19(18)13-20)31-24(22)34(33)21-9-11-28-23(14-21)32(4)17(2)3/h5-7,9,11,13-14,16-17,27H,1,8,10,12,15H2,2-4H3,(H,29,30,31). The Morgan fingerprint density at radius 2 is 2.09 bits per heavy atom. The average molecular weight is 471 g/mol. The quantitative estimate of drug-likeness (QED) is 0.400. The van der Waals surface area contributed by atoms with E-state index in [9.17, 15) is 4.79 Å². The number of fused-ring (bicyclic) bond motifs is 2. The molecule has 4 heterocycles. The number of allylic oxidation sites excluding steroid dienone is 1. The van der Waals surface area contributed by atoms with Gasteiger partial charge in [0.1, 0.15) is 11.2 Å². The predicted octanol–water partition coefficient (Wildman–Crippen LogP) is 3.40. The number of benzene rings is 1. The Morgan fingerprint density at radius 3 is 2.89 bits per heavy atom. The van der Waals surface area contributed by atoms with Gasteiger partial charge in [0.05, 0.1) is 12.2 Å². The van der Waals surface area contributed by atoms with Crippen LogP contribution in [0, 0.1) is 0 Å². The Labute approximate surface area is 204 Å². The predicted molar refractivity (Wildman–Crippen MR) is 140 cm³/mol. The summed E-state index contributed by atoms with van der Waals surface area (Å²) in [6.07, 6.45) is 6.07. The summed E-state index contributed by atoms with van der Waals surface area (Å²) >= 11 is 0. The lowest BCUT2D eigenvalue weighted by Crippen LogP contribution is -2.27. The molecule has 0 radical (unpaired) electrons. The van der Waals surface area contributed by atoms with Crippen LogP contribution in [-0.2, 0) is 19.5 Å². The molecule has 0 saturated heterocycles. The van der Waals surface area contributed by atoms with E-state index in [1.807, 2.05) is 29.9 Å². The molecule has 1 aliphatic heterocycles. The minimum absolute atomic E-state index is 0.165. The van der Waals surface area contributed by atoms with Crippen molar-refractivity contribution in [1.82, 2.24) is 29.6 Å². The highest BCUT2D eigenvalue weighted by atomic mass is 16.1. The smallest absolute Gasteiger partial charge is 0.278 e. The van der Waals surface area contributed by atoms with Crippen molar-refractivity contribution in [1.29, 1.82) is 0 Å². The van der Waals surface area contributed by atoms with Crippen LogP contribution in [0.15, 0.2) is 60.2 Å². The highest BCUT2D eigenvalue weighted by Crippen LogP contribution is 2.24. The minimum Gasteiger partial charge on any atom is -0.357 e. The van der Waals surface area contributed by atoms with E-state index in [1.54, 1.807) is 23.2 Å². The minimum atomic E-state index is -0.165. The molecule has 1 aromatic carbocycles. The molecule has 180 valence electrons. The molecule has 5 rings (SSSR count). The first kappa shape index (κ1) is 22.8. The lowest BCUT2D eigenvalue weighted by Gasteiger charge is -2.23. The number of anilines is 3. The third kappa shape index (κ3) is 4.30. The number of aromatic nitrogens is 5. The molecule has 35 heavy (non-hydrogen) atoms. The van der Waals surface area contributed by atoms with Gasteiger partial charge in [-0.2, -0.15) is 4.98 Å². The van der Waals surface area contributed by atoms with E-state index in [4.69, 9.17) is 4.98 Å². The molecular formula is C26H30N8O. The fourth-order valence-corrected chi connectivity index (χ4v) is 4.32. The molecular weight excluding hydrogens is 440 g/mol. The molecule has 2 N–H and O–H groups in total. The first-order chi connectivity index (χ1) is 17.0. The summed E-state index contributed by atoms with van der Waals surface area (Å²) in [5, 5.41) is 7.17. The van der Waals surface area contributed by atoms with Crippen LogP contribution in [0.4, 0.5) is 17.5 Å². The van der Waals surface area contributed by atoms with Gasteiger partial charge >= 0.3 is 0 Å². The van der Waals surface area contributed by atoms with Crippen LogP contribution in [-0.4, -0.2) is 43.9 Å². The van der Waals surface area contributed by atoms with E-state index in [0.717, 1.165) is 36.7 Å². The van der Waals surface area contributed by atoms with Gasteiger partial charge in [0.2, 0.25) is 5.95 Å². The van der Waals surface area contributed by atoms with E-state index < -0.39 is 0 Å². The fourth-order valence-electron chi connectivity index (χ4n) is 4.32. The summed E-state index contributed by atoms with van der Waals surface area (Å²) in [6, 6.07) is 10.4. The second-order valence-electron chi connectivity index (χ2n) is 9.03. The highest BCUT2D eigenvalue weighted by molar-refractivity contribution is 5.77. The molecule has 0 amide bonds. The monoisotopic (exact) mass is 470 g/mol. The van der Waals surface area contributed by atoms with E-state index in [-0.39, 0.29) is 11.6 Å². The molecule has 9 heteroatoms. The molecule has 9 nitrogen and oxygen atoms in total. The molecule has 0 spiro atoms. The zero-order valence-electron chi connectivity index (χ0n) is 20.3. The van der Waals surface area contributed by atoms with E-state index in [0.29, 0.717) is 23.5 Å².